The summed E-state index contributed by atoms with van der Waals surface area (Å²) in [6.45, 7) is 0.139. The highest BCUT2D eigenvalue weighted by atomic mass is 32.2. The maximum Gasteiger partial charge on any atom is 0.435 e. The molecule has 196 valence electrons. The lowest BCUT2D eigenvalue weighted by molar-refractivity contribution is -0.275. The summed E-state index contributed by atoms with van der Waals surface area (Å²) in [5.74, 6) is 1.23. The fraction of sp³-hybridized carbons (Fsp3) is 0.455. The highest BCUT2D eigenvalue weighted by Crippen LogP contribution is 2.50. The summed E-state index contributed by atoms with van der Waals surface area (Å²) in [5, 5.41) is 6.34. The largest absolute Gasteiger partial charge is 0.435 e. The number of oxime groups is 1. The summed E-state index contributed by atoms with van der Waals surface area (Å²) in [6, 6.07) is 4.42. The monoisotopic (exact) mass is 541 g/mol. The lowest BCUT2D eigenvalue weighted by Crippen LogP contribution is -2.44. The molecular weight excluding hydrogens is 522 g/mol. The quantitative estimate of drug-likeness (QED) is 0.491. The topological polar surface area (TPSA) is 55.6 Å². The van der Waals surface area contributed by atoms with E-state index in [0.29, 0.717) is 17.3 Å². The fourth-order valence-corrected chi connectivity index (χ4v) is 4.65. The van der Waals surface area contributed by atoms with E-state index in [2.05, 4.69) is 10.5 Å². The Bertz CT molecular complexity index is 1190. The minimum atomic E-state index is -5.23. The molecule has 4 rings (SSSR count). The molecule has 0 radical (unpaired) electrons. The fourth-order valence-electron chi connectivity index (χ4n) is 4.01. The SMILES string of the molecule is Cc1cc(C2=NOC(c3cc(C(F)(F)F)n(CC(F)F)c3)(C(F)(F)F)C2)ccc1C(=O)NC1CSC1. The maximum atomic E-state index is 14.2. The van der Waals surface area contributed by atoms with Gasteiger partial charge in [0.15, 0.2) is 0 Å². The predicted octanol–water partition coefficient (Wildman–Crippen LogP) is 5.51. The number of thioether (sulfide) groups is 1. The number of carbonyl (C=O) groups is 1. The molecule has 2 aromatic rings. The van der Waals surface area contributed by atoms with Gasteiger partial charge in [-0.05, 0) is 36.2 Å². The van der Waals surface area contributed by atoms with E-state index in [9.17, 15) is 39.9 Å². The Kier molecular flexibility index (Phi) is 6.77. The molecule has 1 saturated heterocycles. The van der Waals surface area contributed by atoms with Crippen LogP contribution in [-0.2, 0) is 23.2 Å². The van der Waals surface area contributed by atoms with Crippen LogP contribution in [-0.4, -0.2) is 46.3 Å². The minimum Gasteiger partial charge on any atom is -0.374 e. The van der Waals surface area contributed by atoms with Gasteiger partial charge >= 0.3 is 12.4 Å². The van der Waals surface area contributed by atoms with E-state index >= 15 is 0 Å². The summed E-state index contributed by atoms with van der Waals surface area (Å²) in [4.78, 5) is 17.2. The number of amides is 1. The first-order valence-electron chi connectivity index (χ1n) is 10.6. The molecule has 36 heavy (non-hydrogen) atoms. The van der Waals surface area contributed by atoms with Crippen LogP contribution >= 0.6 is 11.8 Å². The van der Waals surface area contributed by atoms with Gasteiger partial charge in [-0.25, -0.2) is 8.78 Å². The third-order valence-electron chi connectivity index (χ3n) is 5.95. The lowest BCUT2D eigenvalue weighted by Gasteiger charge is -2.28. The number of aromatic nitrogens is 1. The van der Waals surface area contributed by atoms with Gasteiger partial charge < -0.3 is 14.7 Å². The summed E-state index contributed by atoms with van der Waals surface area (Å²) in [5.41, 5.74) is -5.22. The highest BCUT2D eigenvalue weighted by molar-refractivity contribution is 8.00. The van der Waals surface area contributed by atoms with Crippen LogP contribution in [0.5, 0.6) is 0 Å². The maximum absolute atomic E-state index is 14.2. The van der Waals surface area contributed by atoms with Crippen molar-refractivity contribution in [3.8, 4) is 0 Å². The predicted molar refractivity (Wildman–Crippen MR) is 115 cm³/mol. The summed E-state index contributed by atoms with van der Waals surface area (Å²) in [6.07, 6.45) is -14.2. The first kappa shape index (κ1) is 26.3. The van der Waals surface area contributed by atoms with Gasteiger partial charge in [0.1, 0.15) is 5.69 Å². The Hall–Kier alpha value is -2.77. The van der Waals surface area contributed by atoms with Crippen LogP contribution in [0.1, 0.15) is 39.2 Å². The van der Waals surface area contributed by atoms with Crippen molar-refractivity contribution in [1.29, 1.82) is 0 Å². The minimum absolute atomic E-state index is 0.0347. The molecule has 0 saturated carbocycles. The number of rotatable bonds is 6. The van der Waals surface area contributed by atoms with E-state index in [1.807, 2.05) is 0 Å². The molecule has 14 heteroatoms. The zero-order valence-electron chi connectivity index (χ0n) is 18.5. The van der Waals surface area contributed by atoms with Crippen LogP contribution in [0.3, 0.4) is 0 Å². The van der Waals surface area contributed by atoms with E-state index in [-0.39, 0.29) is 33.9 Å². The second kappa shape index (κ2) is 9.27. The highest BCUT2D eigenvalue weighted by Gasteiger charge is 2.63. The number of hydrogen-bond donors (Lipinski definition) is 1. The van der Waals surface area contributed by atoms with Gasteiger partial charge in [0.25, 0.3) is 17.9 Å². The first-order chi connectivity index (χ1) is 16.7. The van der Waals surface area contributed by atoms with Crippen LogP contribution in [0.25, 0.3) is 0 Å². The van der Waals surface area contributed by atoms with Crippen molar-refractivity contribution in [1.82, 2.24) is 9.88 Å². The third-order valence-corrected chi connectivity index (χ3v) is 7.23. The Morgan fingerprint density at radius 3 is 2.44 bits per heavy atom. The average molecular weight is 541 g/mol. The molecule has 2 aliphatic rings. The lowest BCUT2D eigenvalue weighted by atomic mass is 9.87. The van der Waals surface area contributed by atoms with Crippen molar-refractivity contribution in [3.63, 3.8) is 0 Å². The van der Waals surface area contributed by atoms with E-state index in [0.717, 1.165) is 11.5 Å². The third kappa shape index (κ3) is 4.91. The van der Waals surface area contributed by atoms with Gasteiger partial charge in [-0.1, -0.05) is 11.2 Å². The summed E-state index contributed by atoms with van der Waals surface area (Å²) >= 11 is 1.67. The zero-order chi connectivity index (χ0) is 26.5. The molecule has 1 fully saturated rings. The number of alkyl halides is 8. The van der Waals surface area contributed by atoms with Crippen molar-refractivity contribution in [3.05, 3.63) is 58.4 Å². The van der Waals surface area contributed by atoms with Gasteiger partial charge in [-0.2, -0.15) is 38.1 Å². The molecule has 0 bridgehead atoms. The zero-order valence-corrected chi connectivity index (χ0v) is 19.3. The number of nitrogens with one attached hydrogen (secondary N) is 1. The molecule has 3 heterocycles. The van der Waals surface area contributed by atoms with Crippen LogP contribution in [0.15, 0.2) is 35.6 Å². The number of aryl methyl sites for hydroxylation is 1. The van der Waals surface area contributed by atoms with E-state index in [4.69, 9.17) is 4.84 Å². The molecule has 1 unspecified atom stereocenters. The van der Waals surface area contributed by atoms with Crippen LogP contribution in [0.4, 0.5) is 35.1 Å². The van der Waals surface area contributed by atoms with Crippen molar-refractivity contribution in [2.45, 2.75) is 50.3 Å². The Morgan fingerprint density at radius 1 is 1.22 bits per heavy atom. The van der Waals surface area contributed by atoms with Crippen LogP contribution < -0.4 is 5.32 Å². The number of benzene rings is 1. The van der Waals surface area contributed by atoms with Gasteiger partial charge in [0.2, 0.25) is 0 Å². The van der Waals surface area contributed by atoms with Gasteiger partial charge in [-0.15, -0.1) is 0 Å². The van der Waals surface area contributed by atoms with Crippen LogP contribution in [0.2, 0.25) is 0 Å². The Morgan fingerprint density at radius 2 is 1.92 bits per heavy atom. The summed E-state index contributed by atoms with van der Waals surface area (Å²) < 4.78 is 108. The molecule has 1 aromatic carbocycles. The van der Waals surface area contributed by atoms with Gasteiger partial charge in [-0.3, -0.25) is 4.79 Å². The van der Waals surface area contributed by atoms with Crippen molar-refractivity contribution in [2.24, 2.45) is 5.16 Å². The number of nitrogens with zero attached hydrogens (tertiary/aromatic N) is 2. The van der Waals surface area contributed by atoms with Gasteiger partial charge in [0.05, 0.1) is 18.7 Å². The van der Waals surface area contributed by atoms with E-state index in [1.54, 1.807) is 18.7 Å². The smallest absolute Gasteiger partial charge is 0.374 e. The molecule has 5 nitrogen and oxygen atoms in total. The first-order valence-corrected chi connectivity index (χ1v) is 11.7. The molecular formula is C22H19F8N3O2S. The molecule has 1 atom stereocenters. The Labute approximate surface area is 203 Å². The molecule has 1 amide bonds. The second-order valence-electron chi connectivity index (χ2n) is 8.52. The Balaban J connectivity index is 1.64. The molecule has 1 N–H and O–H groups in total. The van der Waals surface area contributed by atoms with Crippen molar-refractivity contribution in [2.75, 3.05) is 11.5 Å². The average Bonchev–Trinajstić information content (AvgIpc) is 3.35. The number of halogens is 8. The summed E-state index contributed by atoms with van der Waals surface area (Å²) in [7, 11) is 0. The standard InChI is InChI=1S/C22H19F8N3O2S/c1-11-4-12(2-3-15(11)19(34)31-14-9-36-10-14)16-6-20(35-32-16,22(28,29)30)13-5-17(21(25,26)27)33(7-13)8-18(23)24/h2-5,7,14,18H,6,8-10H2,1H3,(H,31,34). The van der Waals surface area contributed by atoms with Crippen LogP contribution in [0, 0.1) is 6.92 Å². The normalized spacial score (nSPS) is 20.8. The van der Waals surface area contributed by atoms with Crippen molar-refractivity contribution >= 4 is 23.4 Å². The second-order valence-corrected chi connectivity index (χ2v) is 9.60. The number of carbonyl (C=O) groups excluding carboxylic acids is 1. The number of hydrogen-bond acceptors (Lipinski definition) is 4. The molecule has 0 aliphatic carbocycles. The van der Waals surface area contributed by atoms with E-state index < -0.39 is 48.6 Å². The van der Waals surface area contributed by atoms with Crippen molar-refractivity contribution < 1.29 is 44.8 Å². The molecule has 0 spiro atoms. The molecule has 2 aliphatic heterocycles. The van der Waals surface area contributed by atoms with Gasteiger partial charge in [0, 0.05) is 34.9 Å². The van der Waals surface area contributed by atoms with E-state index in [1.165, 1.54) is 18.2 Å². The molecule has 1 aromatic heterocycles.